The first-order valence-corrected chi connectivity index (χ1v) is 8.42. The first-order valence-electron chi connectivity index (χ1n) is 8.42. The number of ketones is 1. The third-order valence-corrected chi connectivity index (χ3v) is 4.70. The highest BCUT2D eigenvalue weighted by Gasteiger charge is 2.29. The average molecular weight is 353 g/mol. The van der Waals surface area contributed by atoms with Crippen LogP contribution in [0.1, 0.15) is 29.6 Å². The average Bonchev–Trinajstić information content (AvgIpc) is 2.63. The van der Waals surface area contributed by atoms with Crippen molar-refractivity contribution < 1.29 is 14.3 Å². The number of carbonyl (C=O) groups is 2. The SMILES string of the molecule is Cl.O=C(c1ccccc1)C1CCN(C(=O)CC2COCCN2)CC1. The van der Waals surface area contributed by atoms with E-state index in [0.717, 1.165) is 31.6 Å². The number of benzene rings is 1. The maximum Gasteiger partial charge on any atom is 0.224 e. The Morgan fingerprint density at radius 2 is 1.88 bits per heavy atom. The van der Waals surface area contributed by atoms with Gasteiger partial charge in [0.15, 0.2) is 5.78 Å². The van der Waals surface area contributed by atoms with Crippen molar-refractivity contribution in [3.63, 3.8) is 0 Å². The van der Waals surface area contributed by atoms with Crippen LogP contribution >= 0.6 is 12.4 Å². The van der Waals surface area contributed by atoms with Gasteiger partial charge >= 0.3 is 0 Å². The molecule has 1 aromatic carbocycles. The summed E-state index contributed by atoms with van der Waals surface area (Å²) in [4.78, 5) is 26.7. The molecule has 3 rings (SSSR count). The molecule has 0 spiro atoms. The molecule has 2 fully saturated rings. The molecule has 5 nitrogen and oxygen atoms in total. The molecule has 0 radical (unpaired) electrons. The monoisotopic (exact) mass is 352 g/mol. The molecule has 1 aromatic rings. The van der Waals surface area contributed by atoms with E-state index < -0.39 is 0 Å². The van der Waals surface area contributed by atoms with E-state index >= 15 is 0 Å². The van der Waals surface area contributed by atoms with E-state index in [1.165, 1.54) is 0 Å². The summed E-state index contributed by atoms with van der Waals surface area (Å²) < 4.78 is 5.39. The van der Waals surface area contributed by atoms with E-state index in [1.54, 1.807) is 0 Å². The normalized spacial score (nSPS) is 21.8. The van der Waals surface area contributed by atoms with Crippen LogP contribution in [0, 0.1) is 5.92 Å². The molecule has 24 heavy (non-hydrogen) atoms. The molecule has 2 saturated heterocycles. The Hall–Kier alpha value is -1.43. The zero-order valence-corrected chi connectivity index (χ0v) is 14.6. The van der Waals surface area contributed by atoms with Crippen LogP contribution in [0.25, 0.3) is 0 Å². The summed E-state index contributed by atoms with van der Waals surface area (Å²) in [7, 11) is 0. The zero-order chi connectivity index (χ0) is 16.1. The lowest BCUT2D eigenvalue weighted by molar-refractivity contribution is -0.133. The zero-order valence-electron chi connectivity index (χ0n) is 13.8. The number of hydrogen-bond acceptors (Lipinski definition) is 4. The smallest absolute Gasteiger partial charge is 0.224 e. The van der Waals surface area contributed by atoms with Gasteiger partial charge in [0.2, 0.25) is 5.91 Å². The van der Waals surface area contributed by atoms with Crippen molar-refractivity contribution >= 4 is 24.1 Å². The Morgan fingerprint density at radius 3 is 2.50 bits per heavy atom. The van der Waals surface area contributed by atoms with E-state index in [9.17, 15) is 9.59 Å². The van der Waals surface area contributed by atoms with E-state index in [2.05, 4.69) is 5.32 Å². The summed E-state index contributed by atoms with van der Waals surface area (Å²) in [5, 5.41) is 3.31. The van der Waals surface area contributed by atoms with Crippen LogP contribution in [-0.2, 0) is 9.53 Å². The lowest BCUT2D eigenvalue weighted by Crippen LogP contribution is -2.47. The fourth-order valence-corrected chi connectivity index (χ4v) is 3.32. The van der Waals surface area contributed by atoms with Crippen LogP contribution in [0.15, 0.2) is 30.3 Å². The minimum absolute atomic E-state index is 0. The van der Waals surface area contributed by atoms with Crippen molar-refractivity contribution in [1.29, 1.82) is 0 Å². The van der Waals surface area contributed by atoms with Crippen LogP contribution in [0.3, 0.4) is 0 Å². The summed E-state index contributed by atoms with van der Waals surface area (Å²) in [5.74, 6) is 0.413. The Kier molecular flexibility index (Phi) is 7.21. The summed E-state index contributed by atoms with van der Waals surface area (Å²) in [6.45, 7) is 3.49. The number of Topliss-reactive ketones (excluding diaryl/α,β-unsaturated/α-hetero) is 1. The van der Waals surface area contributed by atoms with Crippen molar-refractivity contribution in [3.8, 4) is 0 Å². The number of halogens is 1. The van der Waals surface area contributed by atoms with Gasteiger partial charge < -0.3 is 15.0 Å². The van der Waals surface area contributed by atoms with Crippen LogP contribution in [0.4, 0.5) is 0 Å². The Bertz CT molecular complexity index is 538. The molecule has 1 N–H and O–H groups in total. The minimum atomic E-state index is 0. The molecular weight excluding hydrogens is 328 g/mol. The van der Waals surface area contributed by atoms with Crippen molar-refractivity contribution in [2.75, 3.05) is 32.8 Å². The molecule has 1 amide bonds. The third-order valence-electron chi connectivity index (χ3n) is 4.70. The molecule has 0 aromatic heterocycles. The summed E-state index contributed by atoms with van der Waals surface area (Å²) in [6, 6.07) is 9.57. The summed E-state index contributed by atoms with van der Waals surface area (Å²) in [6.07, 6.45) is 2.00. The van der Waals surface area contributed by atoms with E-state index in [4.69, 9.17) is 4.74 Å². The highest BCUT2D eigenvalue weighted by molar-refractivity contribution is 5.98. The summed E-state index contributed by atoms with van der Waals surface area (Å²) in [5.41, 5.74) is 0.779. The second kappa shape index (κ2) is 9.16. The Labute approximate surface area is 149 Å². The second-order valence-corrected chi connectivity index (χ2v) is 6.32. The second-order valence-electron chi connectivity index (χ2n) is 6.32. The van der Waals surface area contributed by atoms with Crippen molar-refractivity contribution in [1.82, 2.24) is 10.2 Å². The molecule has 2 heterocycles. The van der Waals surface area contributed by atoms with Gasteiger partial charge in [-0.05, 0) is 12.8 Å². The Morgan fingerprint density at radius 1 is 1.17 bits per heavy atom. The van der Waals surface area contributed by atoms with Gasteiger partial charge in [-0.15, -0.1) is 12.4 Å². The first kappa shape index (κ1) is 18.9. The molecule has 0 saturated carbocycles. The van der Waals surface area contributed by atoms with Crippen molar-refractivity contribution in [2.24, 2.45) is 5.92 Å². The summed E-state index contributed by atoms with van der Waals surface area (Å²) >= 11 is 0. The number of nitrogens with one attached hydrogen (secondary N) is 1. The molecular formula is C18H25ClN2O3. The quantitative estimate of drug-likeness (QED) is 0.841. The Balaban J connectivity index is 0.00000208. The van der Waals surface area contributed by atoms with Gasteiger partial charge in [0, 0.05) is 43.6 Å². The molecule has 1 unspecified atom stereocenters. The number of ether oxygens (including phenoxy) is 1. The van der Waals surface area contributed by atoms with Crippen LogP contribution in [0.2, 0.25) is 0 Å². The number of hydrogen-bond donors (Lipinski definition) is 1. The van der Waals surface area contributed by atoms with Crippen LogP contribution in [0.5, 0.6) is 0 Å². The molecule has 2 aliphatic heterocycles. The topological polar surface area (TPSA) is 58.6 Å². The van der Waals surface area contributed by atoms with Crippen molar-refractivity contribution in [2.45, 2.75) is 25.3 Å². The number of nitrogens with zero attached hydrogens (tertiary/aromatic N) is 1. The fraction of sp³-hybridized carbons (Fsp3) is 0.556. The number of carbonyl (C=O) groups excluding carboxylic acids is 2. The maximum atomic E-state index is 12.5. The van der Waals surface area contributed by atoms with Gasteiger partial charge in [0.05, 0.1) is 13.2 Å². The van der Waals surface area contributed by atoms with Crippen molar-refractivity contribution in [3.05, 3.63) is 35.9 Å². The van der Waals surface area contributed by atoms with Gasteiger partial charge in [-0.2, -0.15) is 0 Å². The van der Waals surface area contributed by atoms with Gasteiger partial charge in [0.25, 0.3) is 0 Å². The molecule has 132 valence electrons. The number of likely N-dealkylation sites (tertiary alicyclic amines) is 1. The van der Waals surface area contributed by atoms with Gasteiger partial charge in [-0.25, -0.2) is 0 Å². The highest BCUT2D eigenvalue weighted by Crippen LogP contribution is 2.22. The molecule has 0 aliphatic carbocycles. The third kappa shape index (κ3) is 4.79. The minimum Gasteiger partial charge on any atom is -0.378 e. The van der Waals surface area contributed by atoms with E-state index in [-0.39, 0.29) is 36.1 Å². The maximum absolute atomic E-state index is 12.5. The van der Waals surface area contributed by atoms with Crippen LogP contribution in [-0.4, -0.2) is 55.5 Å². The van der Waals surface area contributed by atoms with E-state index in [1.807, 2.05) is 35.2 Å². The number of amides is 1. The fourth-order valence-electron chi connectivity index (χ4n) is 3.32. The van der Waals surface area contributed by atoms with Gasteiger partial charge in [-0.3, -0.25) is 9.59 Å². The largest absolute Gasteiger partial charge is 0.378 e. The number of morpholine rings is 1. The van der Waals surface area contributed by atoms with Gasteiger partial charge in [0.1, 0.15) is 0 Å². The number of piperidine rings is 1. The van der Waals surface area contributed by atoms with Gasteiger partial charge in [-0.1, -0.05) is 30.3 Å². The first-order chi connectivity index (χ1) is 11.2. The van der Waals surface area contributed by atoms with E-state index in [0.29, 0.717) is 26.1 Å². The standard InChI is InChI=1S/C18H24N2O3.ClH/c21-17(12-16-13-23-11-8-19-16)20-9-6-15(7-10-20)18(22)14-4-2-1-3-5-14;/h1-5,15-16,19H,6-13H2;1H. The number of rotatable bonds is 4. The predicted molar refractivity (Wildman–Crippen MR) is 94.6 cm³/mol. The molecule has 1 atom stereocenters. The lowest BCUT2D eigenvalue weighted by atomic mass is 9.88. The molecule has 0 bridgehead atoms. The predicted octanol–water partition coefficient (Wildman–Crippen LogP) is 1.91. The molecule has 2 aliphatic rings. The highest BCUT2D eigenvalue weighted by atomic mass is 35.5. The van der Waals surface area contributed by atoms with Crippen LogP contribution < -0.4 is 5.32 Å². The molecule has 6 heteroatoms. The lowest BCUT2D eigenvalue weighted by Gasteiger charge is -2.33.